The maximum Gasteiger partial charge on any atom is 0.181 e. The lowest BCUT2D eigenvalue weighted by molar-refractivity contribution is 0.556. The summed E-state index contributed by atoms with van der Waals surface area (Å²) in [5.74, 6) is 1.44. The third kappa shape index (κ3) is 2.68. The molecular formula is C29H17NO3. The number of oxazole rings is 1. The first-order chi connectivity index (χ1) is 16.4. The highest BCUT2D eigenvalue weighted by Gasteiger charge is 2.24. The predicted octanol–water partition coefficient (Wildman–Crippen LogP) is 8.32. The van der Waals surface area contributed by atoms with Gasteiger partial charge >= 0.3 is 0 Å². The van der Waals surface area contributed by atoms with Crippen LogP contribution in [0.4, 0.5) is 0 Å². The van der Waals surface area contributed by atoms with Crippen LogP contribution in [-0.2, 0) is 0 Å². The van der Waals surface area contributed by atoms with Crippen LogP contribution in [0.1, 0.15) is 0 Å². The molecule has 156 valence electrons. The molecule has 7 aromatic rings. The molecule has 0 saturated carbocycles. The summed E-state index contributed by atoms with van der Waals surface area (Å²) < 4.78 is 18.3. The highest BCUT2D eigenvalue weighted by molar-refractivity contribution is 6.15. The number of benzene rings is 4. The molecule has 33 heavy (non-hydrogen) atoms. The lowest BCUT2D eigenvalue weighted by Gasteiger charge is -2.09. The quantitative estimate of drug-likeness (QED) is 0.284. The monoisotopic (exact) mass is 427 g/mol. The fourth-order valence-corrected chi connectivity index (χ4v) is 4.66. The Balaban J connectivity index is 1.65. The third-order valence-electron chi connectivity index (χ3n) is 6.14. The lowest BCUT2D eigenvalue weighted by atomic mass is 9.94. The van der Waals surface area contributed by atoms with E-state index >= 15 is 0 Å². The Labute approximate surface area is 188 Å². The summed E-state index contributed by atoms with van der Waals surface area (Å²) in [6, 6.07) is 30.9. The summed E-state index contributed by atoms with van der Waals surface area (Å²) in [4.78, 5) is 4.34. The van der Waals surface area contributed by atoms with Crippen LogP contribution in [0, 0.1) is 0 Å². The maximum atomic E-state index is 6.58. The highest BCUT2D eigenvalue weighted by atomic mass is 16.4. The number of nitrogens with zero attached hydrogens (tertiary/aromatic N) is 1. The van der Waals surface area contributed by atoms with Crippen molar-refractivity contribution in [2.24, 2.45) is 0 Å². The predicted molar refractivity (Wildman–Crippen MR) is 130 cm³/mol. The molecule has 4 aromatic carbocycles. The van der Waals surface area contributed by atoms with Gasteiger partial charge in [0.25, 0.3) is 0 Å². The van der Waals surface area contributed by atoms with Crippen molar-refractivity contribution in [3.63, 3.8) is 0 Å². The minimum Gasteiger partial charge on any atom is -0.455 e. The molecule has 4 heteroatoms. The number of hydrogen-bond donors (Lipinski definition) is 0. The molecular weight excluding hydrogens is 410 g/mol. The molecule has 0 aliphatic rings. The molecule has 7 rings (SSSR count). The third-order valence-corrected chi connectivity index (χ3v) is 6.14. The molecule has 0 fully saturated rings. The standard InChI is InChI=1S/C29H17NO3/c1-2-8-18(9-3-1)19-14-15-23-20-10-6-7-13-25(20)32-28(23)26(19)29-22-12-5-4-11-21(22)27(33-29)24-16-31-17-30-24/h1-17H. The van der Waals surface area contributed by atoms with Gasteiger partial charge in [0.05, 0.1) is 5.56 Å². The smallest absolute Gasteiger partial charge is 0.181 e. The summed E-state index contributed by atoms with van der Waals surface area (Å²) in [5, 5.41) is 4.12. The van der Waals surface area contributed by atoms with Gasteiger partial charge in [0.1, 0.15) is 28.9 Å². The van der Waals surface area contributed by atoms with Gasteiger partial charge in [-0.3, -0.25) is 0 Å². The molecule has 0 unspecified atom stereocenters. The number of aromatic nitrogens is 1. The first kappa shape index (κ1) is 18.0. The van der Waals surface area contributed by atoms with Crippen molar-refractivity contribution < 1.29 is 13.3 Å². The Hall–Kier alpha value is -4.57. The van der Waals surface area contributed by atoms with E-state index in [1.807, 2.05) is 54.6 Å². The van der Waals surface area contributed by atoms with E-state index in [4.69, 9.17) is 13.3 Å². The van der Waals surface area contributed by atoms with Crippen molar-refractivity contribution in [3.05, 3.63) is 104 Å². The van der Waals surface area contributed by atoms with Crippen molar-refractivity contribution in [2.45, 2.75) is 0 Å². The zero-order chi connectivity index (χ0) is 21.8. The Bertz CT molecular complexity index is 1760. The molecule has 0 N–H and O–H groups in total. The molecule has 0 spiro atoms. The second kappa shape index (κ2) is 6.97. The van der Waals surface area contributed by atoms with E-state index in [0.29, 0.717) is 11.5 Å². The molecule has 0 saturated heterocycles. The van der Waals surface area contributed by atoms with Crippen LogP contribution < -0.4 is 0 Å². The van der Waals surface area contributed by atoms with Crippen molar-refractivity contribution in [1.82, 2.24) is 4.98 Å². The molecule has 0 aliphatic heterocycles. The normalized spacial score (nSPS) is 11.6. The van der Waals surface area contributed by atoms with Crippen molar-refractivity contribution in [1.29, 1.82) is 0 Å². The highest BCUT2D eigenvalue weighted by Crippen LogP contribution is 2.47. The van der Waals surface area contributed by atoms with Gasteiger partial charge in [-0.1, -0.05) is 78.9 Å². The minimum atomic E-state index is 0.662. The molecule has 0 bridgehead atoms. The Morgan fingerprint density at radius 1 is 0.576 bits per heavy atom. The largest absolute Gasteiger partial charge is 0.455 e. The van der Waals surface area contributed by atoms with Gasteiger partial charge in [0, 0.05) is 21.5 Å². The molecule has 3 aromatic heterocycles. The first-order valence-electron chi connectivity index (χ1n) is 10.8. The van der Waals surface area contributed by atoms with Crippen LogP contribution in [0.15, 0.2) is 117 Å². The molecule has 0 amide bonds. The van der Waals surface area contributed by atoms with Gasteiger partial charge in [-0.15, -0.1) is 0 Å². The van der Waals surface area contributed by atoms with Gasteiger partial charge < -0.3 is 13.3 Å². The lowest BCUT2D eigenvalue weighted by Crippen LogP contribution is -1.86. The number of rotatable bonds is 3. The maximum absolute atomic E-state index is 6.58. The molecule has 0 radical (unpaired) electrons. The van der Waals surface area contributed by atoms with Crippen LogP contribution in [0.5, 0.6) is 0 Å². The molecule has 0 aliphatic carbocycles. The van der Waals surface area contributed by atoms with Gasteiger partial charge in [-0.2, -0.15) is 0 Å². The van der Waals surface area contributed by atoms with Crippen molar-refractivity contribution in [2.75, 3.05) is 0 Å². The number of furan rings is 2. The average Bonchev–Trinajstić information content (AvgIpc) is 3.61. The van der Waals surface area contributed by atoms with Crippen molar-refractivity contribution in [3.8, 4) is 33.9 Å². The summed E-state index contributed by atoms with van der Waals surface area (Å²) in [6.45, 7) is 0. The second-order valence-corrected chi connectivity index (χ2v) is 8.01. The van der Waals surface area contributed by atoms with Crippen molar-refractivity contribution >= 4 is 32.7 Å². The van der Waals surface area contributed by atoms with E-state index < -0.39 is 0 Å². The van der Waals surface area contributed by atoms with E-state index in [1.165, 1.54) is 6.39 Å². The molecule has 0 atom stereocenters. The van der Waals surface area contributed by atoms with Gasteiger partial charge in [-0.05, 0) is 23.3 Å². The van der Waals surface area contributed by atoms with Crippen LogP contribution in [0.2, 0.25) is 0 Å². The topological polar surface area (TPSA) is 52.3 Å². The fraction of sp³-hybridized carbons (Fsp3) is 0. The Kier molecular flexibility index (Phi) is 3.81. The number of hydrogen-bond acceptors (Lipinski definition) is 4. The fourth-order valence-electron chi connectivity index (χ4n) is 4.66. The summed E-state index contributed by atoms with van der Waals surface area (Å²) in [6.07, 6.45) is 3.02. The van der Waals surface area contributed by atoms with Crippen LogP contribution >= 0.6 is 0 Å². The Morgan fingerprint density at radius 2 is 1.30 bits per heavy atom. The molecule has 3 heterocycles. The zero-order valence-electron chi connectivity index (χ0n) is 17.5. The summed E-state index contributed by atoms with van der Waals surface area (Å²) in [5.41, 5.74) is 5.40. The minimum absolute atomic E-state index is 0.662. The van der Waals surface area contributed by atoms with Crippen LogP contribution in [0.3, 0.4) is 0 Å². The van der Waals surface area contributed by atoms with Gasteiger partial charge in [0.15, 0.2) is 12.2 Å². The van der Waals surface area contributed by atoms with E-state index in [-0.39, 0.29) is 0 Å². The second-order valence-electron chi connectivity index (χ2n) is 8.01. The Morgan fingerprint density at radius 3 is 2.09 bits per heavy atom. The van der Waals surface area contributed by atoms with E-state index in [0.717, 1.165) is 55.2 Å². The average molecular weight is 427 g/mol. The zero-order valence-corrected chi connectivity index (χ0v) is 17.5. The van der Waals surface area contributed by atoms with E-state index in [2.05, 4.69) is 41.4 Å². The van der Waals surface area contributed by atoms with Crippen LogP contribution in [0.25, 0.3) is 66.6 Å². The van der Waals surface area contributed by atoms with E-state index in [1.54, 1.807) is 6.26 Å². The SMILES string of the molecule is c1ccc(-c2ccc3c(oc4ccccc43)c2-c2oc(-c3cocn3)c3ccccc23)cc1. The van der Waals surface area contributed by atoms with Gasteiger partial charge in [-0.25, -0.2) is 4.98 Å². The molecule has 4 nitrogen and oxygen atoms in total. The number of para-hydroxylation sites is 1. The van der Waals surface area contributed by atoms with E-state index in [9.17, 15) is 0 Å². The van der Waals surface area contributed by atoms with Gasteiger partial charge in [0.2, 0.25) is 0 Å². The first-order valence-corrected chi connectivity index (χ1v) is 10.8. The summed E-state index contributed by atoms with van der Waals surface area (Å²) >= 11 is 0. The number of fused-ring (bicyclic) bond motifs is 4. The summed E-state index contributed by atoms with van der Waals surface area (Å²) in [7, 11) is 0. The van der Waals surface area contributed by atoms with Crippen LogP contribution in [-0.4, -0.2) is 4.98 Å².